The molecular weight excluding hydrogens is 166 g/mol. The monoisotopic (exact) mass is 179 g/mol. The molecule has 0 aliphatic carbocycles. The van der Waals surface area contributed by atoms with Crippen molar-refractivity contribution in [3.05, 3.63) is 23.8 Å². The molecule has 1 unspecified atom stereocenters. The highest BCUT2D eigenvalue weighted by molar-refractivity contribution is 5.46. The van der Waals surface area contributed by atoms with Gasteiger partial charge in [-0.2, -0.15) is 0 Å². The number of aromatic hydroxyl groups is 2. The lowest BCUT2D eigenvalue weighted by atomic mass is 9.96. The third kappa shape index (κ3) is 1.47. The zero-order valence-electron chi connectivity index (χ0n) is 7.33. The van der Waals surface area contributed by atoms with Crippen molar-refractivity contribution in [1.82, 2.24) is 5.32 Å². The summed E-state index contributed by atoms with van der Waals surface area (Å²) in [7, 11) is 0. The summed E-state index contributed by atoms with van der Waals surface area (Å²) >= 11 is 0. The molecule has 1 heterocycles. The minimum absolute atomic E-state index is 0.203. The van der Waals surface area contributed by atoms with Crippen LogP contribution >= 0.6 is 0 Å². The van der Waals surface area contributed by atoms with Crippen molar-refractivity contribution >= 4 is 0 Å². The van der Waals surface area contributed by atoms with Crippen LogP contribution in [0.4, 0.5) is 0 Å². The van der Waals surface area contributed by atoms with Crippen LogP contribution in [0.5, 0.6) is 11.5 Å². The minimum Gasteiger partial charge on any atom is -0.508 e. The lowest BCUT2D eigenvalue weighted by molar-refractivity contribution is 0.430. The van der Waals surface area contributed by atoms with Gasteiger partial charge in [0, 0.05) is 18.0 Å². The molecule has 1 saturated heterocycles. The molecule has 0 saturated carbocycles. The fourth-order valence-corrected chi connectivity index (χ4v) is 1.86. The molecule has 3 nitrogen and oxygen atoms in total. The van der Waals surface area contributed by atoms with Crippen molar-refractivity contribution in [2.45, 2.75) is 12.3 Å². The maximum absolute atomic E-state index is 9.56. The van der Waals surface area contributed by atoms with Crippen LogP contribution in [0.1, 0.15) is 17.9 Å². The zero-order chi connectivity index (χ0) is 9.26. The van der Waals surface area contributed by atoms with Crippen molar-refractivity contribution in [1.29, 1.82) is 0 Å². The zero-order valence-corrected chi connectivity index (χ0v) is 7.33. The van der Waals surface area contributed by atoms with Gasteiger partial charge in [0.25, 0.3) is 0 Å². The highest BCUT2D eigenvalue weighted by atomic mass is 16.3. The average Bonchev–Trinajstić information content (AvgIpc) is 2.57. The molecule has 1 aliphatic rings. The number of benzene rings is 1. The Kier molecular flexibility index (Phi) is 2.10. The Morgan fingerprint density at radius 1 is 1.23 bits per heavy atom. The number of rotatable bonds is 1. The lowest BCUT2D eigenvalue weighted by Gasteiger charge is -2.12. The molecule has 0 bridgehead atoms. The standard InChI is InChI=1S/C10H13NO2/c12-8-2-1-3-9(13)10(8)7-4-5-11-6-7/h1-3,7,11-13H,4-6H2. The molecule has 70 valence electrons. The van der Waals surface area contributed by atoms with Crippen molar-refractivity contribution < 1.29 is 10.2 Å². The predicted molar refractivity (Wildman–Crippen MR) is 50.0 cm³/mol. The van der Waals surface area contributed by atoms with Gasteiger partial charge in [-0.15, -0.1) is 0 Å². The first kappa shape index (κ1) is 8.38. The summed E-state index contributed by atoms with van der Waals surface area (Å²) in [5, 5.41) is 22.3. The molecule has 1 atom stereocenters. The summed E-state index contributed by atoms with van der Waals surface area (Å²) < 4.78 is 0. The summed E-state index contributed by atoms with van der Waals surface area (Å²) in [6.45, 7) is 1.80. The van der Waals surface area contributed by atoms with Crippen molar-refractivity contribution in [3.8, 4) is 11.5 Å². The molecule has 0 aromatic heterocycles. The second-order valence-electron chi connectivity index (χ2n) is 3.40. The average molecular weight is 179 g/mol. The van der Waals surface area contributed by atoms with E-state index < -0.39 is 0 Å². The second-order valence-corrected chi connectivity index (χ2v) is 3.40. The number of hydrogen-bond donors (Lipinski definition) is 3. The molecule has 0 amide bonds. The molecule has 3 N–H and O–H groups in total. The van der Waals surface area contributed by atoms with E-state index in [2.05, 4.69) is 5.32 Å². The van der Waals surface area contributed by atoms with Gasteiger partial charge >= 0.3 is 0 Å². The number of nitrogens with one attached hydrogen (secondary N) is 1. The predicted octanol–water partition coefficient (Wildman–Crippen LogP) is 1.17. The third-order valence-corrected chi connectivity index (χ3v) is 2.53. The first-order valence-corrected chi connectivity index (χ1v) is 4.50. The van der Waals surface area contributed by atoms with E-state index >= 15 is 0 Å². The summed E-state index contributed by atoms with van der Waals surface area (Å²) in [6, 6.07) is 4.89. The van der Waals surface area contributed by atoms with E-state index in [0.717, 1.165) is 19.5 Å². The van der Waals surface area contributed by atoms with Crippen LogP contribution in [0.15, 0.2) is 18.2 Å². The van der Waals surface area contributed by atoms with Gasteiger partial charge in [0.15, 0.2) is 0 Å². The highest BCUT2D eigenvalue weighted by Crippen LogP contribution is 2.36. The van der Waals surface area contributed by atoms with E-state index in [0.29, 0.717) is 5.56 Å². The summed E-state index contributed by atoms with van der Waals surface area (Å²) in [4.78, 5) is 0. The number of hydrogen-bond acceptors (Lipinski definition) is 3. The maximum atomic E-state index is 9.56. The molecule has 0 radical (unpaired) electrons. The topological polar surface area (TPSA) is 52.5 Å². The Morgan fingerprint density at radius 2 is 1.92 bits per heavy atom. The van der Waals surface area contributed by atoms with Gasteiger partial charge in [0.2, 0.25) is 0 Å². The molecule has 3 heteroatoms. The van der Waals surface area contributed by atoms with Crippen molar-refractivity contribution in [2.24, 2.45) is 0 Å². The Morgan fingerprint density at radius 3 is 2.46 bits per heavy atom. The van der Waals surface area contributed by atoms with Crippen LogP contribution in [0, 0.1) is 0 Å². The van der Waals surface area contributed by atoms with Gasteiger partial charge in [0.05, 0.1) is 0 Å². The Hall–Kier alpha value is -1.22. The van der Waals surface area contributed by atoms with Crippen LogP contribution in [0.3, 0.4) is 0 Å². The maximum Gasteiger partial charge on any atom is 0.122 e. The van der Waals surface area contributed by atoms with E-state index in [1.807, 2.05) is 0 Å². The largest absolute Gasteiger partial charge is 0.508 e. The molecule has 0 spiro atoms. The van der Waals surface area contributed by atoms with Crippen LogP contribution in [-0.2, 0) is 0 Å². The van der Waals surface area contributed by atoms with Gasteiger partial charge in [-0.05, 0) is 25.1 Å². The smallest absolute Gasteiger partial charge is 0.122 e. The van der Waals surface area contributed by atoms with E-state index in [1.54, 1.807) is 18.2 Å². The Balaban J connectivity index is 2.37. The molecule has 1 aromatic carbocycles. The van der Waals surface area contributed by atoms with Crippen LogP contribution < -0.4 is 5.32 Å². The molecule has 1 fully saturated rings. The van der Waals surface area contributed by atoms with Gasteiger partial charge in [-0.1, -0.05) is 6.07 Å². The fraction of sp³-hybridized carbons (Fsp3) is 0.400. The van der Waals surface area contributed by atoms with Gasteiger partial charge in [0.1, 0.15) is 11.5 Å². The Labute approximate surface area is 77.0 Å². The van der Waals surface area contributed by atoms with Gasteiger partial charge in [-0.3, -0.25) is 0 Å². The number of phenolic OH excluding ortho intramolecular Hbond substituents is 2. The summed E-state index contributed by atoms with van der Waals surface area (Å²) in [6.07, 6.45) is 0.977. The quantitative estimate of drug-likeness (QED) is 0.606. The van der Waals surface area contributed by atoms with E-state index in [9.17, 15) is 10.2 Å². The van der Waals surface area contributed by atoms with Crippen LogP contribution in [0.2, 0.25) is 0 Å². The molecule has 1 aromatic rings. The van der Waals surface area contributed by atoms with E-state index in [4.69, 9.17) is 0 Å². The summed E-state index contributed by atoms with van der Waals surface area (Å²) in [5.41, 5.74) is 0.688. The molecule has 1 aliphatic heterocycles. The fourth-order valence-electron chi connectivity index (χ4n) is 1.86. The summed E-state index contributed by atoms with van der Waals surface area (Å²) in [5.74, 6) is 0.656. The normalized spacial score (nSPS) is 22.0. The molecule has 13 heavy (non-hydrogen) atoms. The Bertz CT molecular complexity index is 286. The highest BCUT2D eigenvalue weighted by Gasteiger charge is 2.22. The van der Waals surface area contributed by atoms with Crippen molar-refractivity contribution in [3.63, 3.8) is 0 Å². The third-order valence-electron chi connectivity index (χ3n) is 2.53. The van der Waals surface area contributed by atoms with Gasteiger partial charge in [-0.25, -0.2) is 0 Å². The minimum atomic E-state index is 0.203. The van der Waals surface area contributed by atoms with Crippen LogP contribution in [-0.4, -0.2) is 23.3 Å². The SMILES string of the molecule is Oc1cccc(O)c1C1CCNC1. The van der Waals surface area contributed by atoms with E-state index in [-0.39, 0.29) is 17.4 Å². The second kappa shape index (κ2) is 3.26. The molecule has 2 rings (SSSR count). The first-order chi connectivity index (χ1) is 6.29. The van der Waals surface area contributed by atoms with Crippen molar-refractivity contribution in [2.75, 3.05) is 13.1 Å². The van der Waals surface area contributed by atoms with E-state index in [1.165, 1.54) is 0 Å². The first-order valence-electron chi connectivity index (χ1n) is 4.50. The lowest BCUT2D eigenvalue weighted by Crippen LogP contribution is -2.08. The molecular formula is C10H13NO2. The van der Waals surface area contributed by atoms with Gasteiger partial charge < -0.3 is 15.5 Å². The van der Waals surface area contributed by atoms with Crippen LogP contribution in [0.25, 0.3) is 0 Å². The number of phenols is 2.